The predicted octanol–water partition coefficient (Wildman–Crippen LogP) is 0.594. The molecule has 5 heteroatoms. The van der Waals surface area contributed by atoms with Crippen molar-refractivity contribution >= 4 is 5.97 Å². The molecule has 1 rings (SSSR count). The maximum Gasteiger partial charge on any atom is 0.338 e. The predicted molar refractivity (Wildman–Crippen MR) is 61.0 cm³/mol. The fourth-order valence-corrected chi connectivity index (χ4v) is 1.11. The summed E-state index contributed by atoms with van der Waals surface area (Å²) in [5.74, 6) is 0.0953. The maximum atomic E-state index is 11.5. The quantitative estimate of drug-likeness (QED) is 0.737. The highest BCUT2D eigenvalue weighted by molar-refractivity contribution is 5.89. The van der Waals surface area contributed by atoms with Crippen LogP contribution in [0.5, 0.6) is 5.75 Å². The number of benzene rings is 1. The molecule has 2 N–H and O–H groups in total. The molecule has 0 saturated heterocycles. The SMILES string of the molecule is COc1ccc(C(=O)OC[C@@H](O)[C@@H](C)O)cc1. The number of ether oxygens (including phenoxy) is 2. The summed E-state index contributed by atoms with van der Waals surface area (Å²) in [4.78, 5) is 11.5. The van der Waals surface area contributed by atoms with Crippen molar-refractivity contribution in [3.8, 4) is 5.75 Å². The van der Waals surface area contributed by atoms with Crippen molar-refractivity contribution in [1.29, 1.82) is 0 Å². The van der Waals surface area contributed by atoms with Crippen molar-refractivity contribution < 1.29 is 24.5 Å². The second kappa shape index (κ2) is 6.22. The minimum atomic E-state index is -1.07. The lowest BCUT2D eigenvalue weighted by Crippen LogP contribution is -2.29. The first-order valence-electron chi connectivity index (χ1n) is 5.22. The van der Waals surface area contributed by atoms with Crippen LogP contribution in [-0.4, -0.2) is 42.1 Å². The average molecular weight is 240 g/mol. The van der Waals surface area contributed by atoms with E-state index in [2.05, 4.69) is 0 Å². The van der Waals surface area contributed by atoms with E-state index in [9.17, 15) is 9.90 Å². The largest absolute Gasteiger partial charge is 0.497 e. The molecule has 0 unspecified atom stereocenters. The first-order chi connectivity index (χ1) is 8.04. The molecule has 0 saturated carbocycles. The van der Waals surface area contributed by atoms with Gasteiger partial charge in [-0.3, -0.25) is 0 Å². The Labute approximate surface area is 99.6 Å². The van der Waals surface area contributed by atoms with Gasteiger partial charge in [-0.1, -0.05) is 0 Å². The minimum Gasteiger partial charge on any atom is -0.497 e. The first kappa shape index (κ1) is 13.5. The summed E-state index contributed by atoms with van der Waals surface area (Å²) >= 11 is 0. The van der Waals surface area contributed by atoms with E-state index in [-0.39, 0.29) is 6.61 Å². The number of aliphatic hydroxyl groups excluding tert-OH is 2. The third kappa shape index (κ3) is 4.05. The molecule has 0 spiro atoms. The molecule has 0 fully saturated rings. The van der Waals surface area contributed by atoms with Crippen molar-refractivity contribution in [3.63, 3.8) is 0 Å². The Balaban J connectivity index is 2.52. The smallest absolute Gasteiger partial charge is 0.338 e. The van der Waals surface area contributed by atoms with E-state index in [1.807, 2.05) is 0 Å². The van der Waals surface area contributed by atoms with Crippen LogP contribution in [0.4, 0.5) is 0 Å². The molecule has 0 radical (unpaired) electrons. The van der Waals surface area contributed by atoms with Gasteiger partial charge in [-0.05, 0) is 31.2 Å². The zero-order valence-electron chi connectivity index (χ0n) is 9.79. The van der Waals surface area contributed by atoms with Gasteiger partial charge in [-0.25, -0.2) is 4.79 Å². The summed E-state index contributed by atoms with van der Waals surface area (Å²) in [5, 5.41) is 18.3. The van der Waals surface area contributed by atoms with Gasteiger partial charge in [-0.15, -0.1) is 0 Å². The highest BCUT2D eigenvalue weighted by Crippen LogP contribution is 2.12. The topological polar surface area (TPSA) is 76.0 Å². The molecule has 2 atom stereocenters. The van der Waals surface area contributed by atoms with Gasteiger partial charge < -0.3 is 19.7 Å². The van der Waals surface area contributed by atoms with Crippen molar-refractivity contribution in [1.82, 2.24) is 0 Å². The van der Waals surface area contributed by atoms with E-state index in [0.29, 0.717) is 11.3 Å². The molecular weight excluding hydrogens is 224 g/mol. The molecule has 0 amide bonds. The van der Waals surface area contributed by atoms with Crippen molar-refractivity contribution in [2.75, 3.05) is 13.7 Å². The summed E-state index contributed by atoms with van der Waals surface area (Å²) in [6.45, 7) is 1.19. The van der Waals surface area contributed by atoms with Gasteiger partial charge in [0.15, 0.2) is 0 Å². The number of esters is 1. The third-order valence-corrected chi connectivity index (χ3v) is 2.27. The van der Waals surface area contributed by atoms with Crippen LogP contribution in [0.2, 0.25) is 0 Å². The van der Waals surface area contributed by atoms with Gasteiger partial charge in [0.2, 0.25) is 0 Å². The Hall–Kier alpha value is -1.59. The van der Waals surface area contributed by atoms with Crippen LogP contribution >= 0.6 is 0 Å². The molecule has 0 aliphatic carbocycles. The molecule has 0 aliphatic heterocycles. The van der Waals surface area contributed by atoms with Crippen molar-refractivity contribution in [3.05, 3.63) is 29.8 Å². The van der Waals surface area contributed by atoms with E-state index < -0.39 is 18.2 Å². The number of rotatable bonds is 5. The zero-order chi connectivity index (χ0) is 12.8. The monoisotopic (exact) mass is 240 g/mol. The fraction of sp³-hybridized carbons (Fsp3) is 0.417. The van der Waals surface area contributed by atoms with Crippen LogP contribution in [0.25, 0.3) is 0 Å². The Morgan fingerprint density at radius 1 is 1.29 bits per heavy atom. The Kier molecular flexibility index (Phi) is 4.93. The van der Waals surface area contributed by atoms with Crippen LogP contribution in [-0.2, 0) is 4.74 Å². The molecule has 5 nitrogen and oxygen atoms in total. The van der Waals surface area contributed by atoms with E-state index in [1.54, 1.807) is 24.3 Å². The summed E-state index contributed by atoms with van der Waals surface area (Å²) in [6, 6.07) is 6.41. The van der Waals surface area contributed by atoms with Crippen molar-refractivity contribution in [2.45, 2.75) is 19.1 Å². The second-order valence-corrected chi connectivity index (χ2v) is 3.63. The lowest BCUT2D eigenvalue weighted by Gasteiger charge is -2.13. The van der Waals surface area contributed by atoms with Gasteiger partial charge in [-0.2, -0.15) is 0 Å². The molecule has 1 aromatic rings. The van der Waals surface area contributed by atoms with Crippen molar-refractivity contribution in [2.24, 2.45) is 0 Å². The molecule has 0 bridgehead atoms. The minimum absolute atomic E-state index is 0.234. The lowest BCUT2D eigenvalue weighted by molar-refractivity contribution is -0.0201. The van der Waals surface area contributed by atoms with E-state index in [1.165, 1.54) is 14.0 Å². The molecule has 0 aliphatic rings. The highest BCUT2D eigenvalue weighted by Gasteiger charge is 2.14. The Morgan fingerprint density at radius 3 is 2.35 bits per heavy atom. The van der Waals surface area contributed by atoms with Gasteiger partial charge in [0.05, 0.1) is 18.8 Å². The second-order valence-electron chi connectivity index (χ2n) is 3.63. The standard InChI is InChI=1S/C12H16O5/c1-8(13)11(14)7-17-12(15)9-3-5-10(16-2)6-4-9/h3-6,8,11,13-14H,7H2,1-2H3/t8-,11-/m1/s1. The normalized spacial score (nSPS) is 13.9. The summed E-state index contributed by atoms with van der Waals surface area (Å²) in [5.41, 5.74) is 0.364. The number of carbonyl (C=O) groups is 1. The number of aliphatic hydroxyl groups is 2. The lowest BCUT2D eigenvalue weighted by atomic mass is 10.2. The fourth-order valence-electron chi connectivity index (χ4n) is 1.11. The molecule has 1 aromatic carbocycles. The van der Waals surface area contributed by atoms with Crippen LogP contribution in [0.3, 0.4) is 0 Å². The third-order valence-electron chi connectivity index (χ3n) is 2.27. The van der Waals surface area contributed by atoms with E-state index >= 15 is 0 Å². The summed E-state index contributed by atoms with van der Waals surface area (Å²) in [7, 11) is 1.53. The van der Waals surface area contributed by atoms with Crippen LogP contribution in [0, 0.1) is 0 Å². The Morgan fingerprint density at radius 2 is 1.88 bits per heavy atom. The molecular formula is C12H16O5. The van der Waals surface area contributed by atoms with Gasteiger partial charge in [0.25, 0.3) is 0 Å². The molecule has 94 valence electrons. The van der Waals surface area contributed by atoms with E-state index in [4.69, 9.17) is 14.6 Å². The summed E-state index contributed by atoms with van der Waals surface area (Å²) < 4.78 is 9.79. The van der Waals surface area contributed by atoms with Gasteiger partial charge in [0, 0.05) is 0 Å². The zero-order valence-corrected chi connectivity index (χ0v) is 9.79. The van der Waals surface area contributed by atoms with Gasteiger partial charge in [0.1, 0.15) is 18.5 Å². The maximum absolute atomic E-state index is 11.5. The number of hydrogen-bond donors (Lipinski definition) is 2. The van der Waals surface area contributed by atoms with Crippen LogP contribution in [0.15, 0.2) is 24.3 Å². The molecule has 17 heavy (non-hydrogen) atoms. The van der Waals surface area contributed by atoms with Gasteiger partial charge >= 0.3 is 5.97 Å². The summed E-state index contributed by atoms with van der Waals surface area (Å²) in [6.07, 6.45) is -2.00. The number of carbonyl (C=O) groups excluding carboxylic acids is 1. The number of hydrogen-bond acceptors (Lipinski definition) is 5. The average Bonchev–Trinajstić information content (AvgIpc) is 2.35. The highest BCUT2D eigenvalue weighted by atomic mass is 16.5. The molecule has 0 heterocycles. The number of methoxy groups -OCH3 is 1. The first-order valence-corrected chi connectivity index (χ1v) is 5.22. The Bertz CT molecular complexity index is 358. The van der Waals surface area contributed by atoms with Crippen LogP contribution < -0.4 is 4.74 Å². The molecule has 0 aromatic heterocycles. The van der Waals surface area contributed by atoms with E-state index in [0.717, 1.165) is 0 Å². The van der Waals surface area contributed by atoms with Crippen LogP contribution in [0.1, 0.15) is 17.3 Å².